The van der Waals surface area contributed by atoms with Gasteiger partial charge in [0, 0.05) is 0 Å². The van der Waals surface area contributed by atoms with Gasteiger partial charge in [-0.1, -0.05) is 13.8 Å². The van der Waals surface area contributed by atoms with Gasteiger partial charge in [0.1, 0.15) is 0 Å². The van der Waals surface area contributed by atoms with Crippen molar-refractivity contribution in [3.63, 3.8) is 0 Å². The van der Waals surface area contributed by atoms with Crippen LogP contribution in [0.25, 0.3) is 0 Å². The van der Waals surface area contributed by atoms with Crippen LogP contribution in [0.2, 0.25) is 0 Å². The van der Waals surface area contributed by atoms with Gasteiger partial charge in [0.25, 0.3) is 0 Å². The summed E-state index contributed by atoms with van der Waals surface area (Å²) in [5.41, 5.74) is 0. The third kappa shape index (κ3) is 4.79. The first-order chi connectivity index (χ1) is 5.07. The molecule has 0 fully saturated rings. The second kappa shape index (κ2) is 5.13. The van der Waals surface area contributed by atoms with E-state index in [-0.39, 0.29) is 18.3 Å². The van der Waals surface area contributed by atoms with E-state index in [1.807, 2.05) is 13.8 Å². The van der Waals surface area contributed by atoms with Gasteiger partial charge in [-0.15, -0.1) is 0 Å². The van der Waals surface area contributed by atoms with E-state index in [1.54, 1.807) is 6.92 Å². The molecule has 3 nitrogen and oxygen atoms in total. The number of hydrogen-bond donors (Lipinski definition) is 1. The lowest BCUT2D eigenvalue weighted by Crippen LogP contribution is -2.20. The minimum atomic E-state index is -0.575. The average Bonchev–Trinajstić information content (AvgIpc) is 1.87. The lowest BCUT2D eigenvalue weighted by molar-refractivity contribution is -0.145. The molecule has 0 bridgehead atoms. The Labute approximate surface area is 67.4 Å². The summed E-state index contributed by atoms with van der Waals surface area (Å²) in [6.07, 6.45) is -0.472. The predicted molar refractivity (Wildman–Crippen MR) is 42.1 cm³/mol. The molecule has 66 valence electrons. The molecular formula is C8H16O3. The first kappa shape index (κ1) is 10.4. The molecule has 0 heterocycles. The van der Waals surface area contributed by atoms with E-state index in [1.165, 1.54) is 0 Å². The van der Waals surface area contributed by atoms with Crippen LogP contribution in [-0.2, 0) is 9.53 Å². The van der Waals surface area contributed by atoms with Crippen molar-refractivity contribution in [2.75, 3.05) is 6.61 Å². The van der Waals surface area contributed by atoms with Gasteiger partial charge in [-0.25, -0.2) is 0 Å². The number of aliphatic hydroxyl groups is 1. The lowest BCUT2D eigenvalue weighted by Gasteiger charge is -2.12. The highest BCUT2D eigenvalue weighted by atomic mass is 16.5. The highest BCUT2D eigenvalue weighted by Gasteiger charge is 2.14. The summed E-state index contributed by atoms with van der Waals surface area (Å²) in [4.78, 5) is 10.8. The van der Waals surface area contributed by atoms with E-state index in [4.69, 9.17) is 0 Å². The molecular weight excluding hydrogens is 144 g/mol. The van der Waals surface area contributed by atoms with Crippen molar-refractivity contribution in [1.82, 2.24) is 0 Å². The Morgan fingerprint density at radius 1 is 1.55 bits per heavy atom. The molecule has 0 rings (SSSR count). The van der Waals surface area contributed by atoms with Crippen molar-refractivity contribution >= 4 is 5.97 Å². The summed E-state index contributed by atoms with van der Waals surface area (Å²) in [6.45, 7) is 5.86. The number of aliphatic hydroxyl groups excluding tert-OH is 1. The molecule has 0 spiro atoms. The van der Waals surface area contributed by atoms with E-state index in [9.17, 15) is 9.90 Å². The summed E-state index contributed by atoms with van der Waals surface area (Å²) in [5.74, 6) is -0.215. The minimum Gasteiger partial charge on any atom is -0.466 e. The van der Waals surface area contributed by atoms with Crippen LogP contribution < -0.4 is 0 Å². The number of hydrogen-bond acceptors (Lipinski definition) is 3. The van der Waals surface area contributed by atoms with E-state index in [0.717, 1.165) is 0 Å². The third-order valence-corrected chi connectivity index (χ3v) is 1.45. The largest absolute Gasteiger partial charge is 0.466 e. The van der Waals surface area contributed by atoms with Crippen LogP contribution in [0.5, 0.6) is 0 Å². The van der Waals surface area contributed by atoms with E-state index in [0.29, 0.717) is 6.61 Å². The Bertz CT molecular complexity index is 121. The highest BCUT2D eigenvalue weighted by Crippen LogP contribution is 2.05. The molecule has 0 unspecified atom stereocenters. The first-order valence-corrected chi connectivity index (χ1v) is 3.91. The molecule has 1 atom stereocenters. The molecule has 0 aromatic rings. The SMILES string of the molecule is CCOC(=O)C[C@@H](O)C(C)C. The second-order valence-electron chi connectivity index (χ2n) is 2.82. The molecule has 0 aliphatic carbocycles. The third-order valence-electron chi connectivity index (χ3n) is 1.45. The second-order valence-corrected chi connectivity index (χ2v) is 2.82. The number of rotatable bonds is 4. The van der Waals surface area contributed by atoms with Gasteiger partial charge in [0.05, 0.1) is 19.1 Å². The van der Waals surface area contributed by atoms with Gasteiger partial charge in [-0.2, -0.15) is 0 Å². The zero-order valence-corrected chi connectivity index (χ0v) is 7.33. The van der Waals surface area contributed by atoms with Crippen LogP contribution in [0.4, 0.5) is 0 Å². The van der Waals surface area contributed by atoms with Crippen LogP contribution in [-0.4, -0.2) is 23.8 Å². The molecule has 0 amide bonds. The van der Waals surface area contributed by atoms with Crippen molar-refractivity contribution in [3.05, 3.63) is 0 Å². The molecule has 0 aliphatic heterocycles. The van der Waals surface area contributed by atoms with Crippen LogP contribution in [0.3, 0.4) is 0 Å². The van der Waals surface area contributed by atoms with Crippen molar-refractivity contribution in [2.24, 2.45) is 5.92 Å². The Kier molecular flexibility index (Phi) is 4.86. The van der Waals surface area contributed by atoms with Crippen molar-refractivity contribution in [1.29, 1.82) is 0 Å². The molecule has 0 aliphatic rings. The Balaban J connectivity index is 3.57. The fourth-order valence-electron chi connectivity index (χ4n) is 0.626. The maximum atomic E-state index is 10.8. The summed E-state index contributed by atoms with van der Waals surface area (Å²) in [7, 11) is 0. The van der Waals surface area contributed by atoms with Gasteiger partial charge in [0.2, 0.25) is 0 Å². The van der Waals surface area contributed by atoms with Crippen LogP contribution in [0, 0.1) is 5.92 Å². The molecule has 3 heteroatoms. The Morgan fingerprint density at radius 2 is 2.09 bits per heavy atom. The maximum absolute atomic E-state index is 10.8. The standard InChI is InChI=1S/C8H16O3/c1-4-11-8(10)5-7(9)6(2)3/h6-7,9H,4-5H2,1-3H3/t7-/m1/s1. The summed E-state index contributed by atoms with van der Waals surface area (Å²) >= 11 is 0. The van der Waals surface area contributed by atoms with Gasteiger partial charge < -0.3 is 9.84 Å². The van der Waals surface area contributed by atoms with Crippen molar-refractivity contribution in [2.45, 2.75) is 33.3 Å². The quantitative estimate of drug-likeness (QED) is 0.623. The molecule has 0 aromatic carbocycles. The highest BCUT2D eigenvalue weighted by molar-refractivity contribution is 5.69. The molecule has 0 radical (unpaired) electrons. The van der Waals surface area contributed by atoms with Crippen molar-refractivity contribution in [3.8, 4) is 0 Å². The monoisotopic (exact) mass is 160 g/mol. The number of ether oxygens (including phenoxy) is 1. The molecule has 11 heavy (non-hydrogen) atoms. The smallest absolute Gasteiger partial charge is 0.308 e. The number of esters is 1. The normalized spacial score (nSPS) is 13.2. The molecule has 0 aromatic heterocycles. The minimum absolute atomic E-state index is 0.103. The van der Waals surface area contributed by atoms with Gasteiger partial charge in [0.15, 0.2) is 0 Å². The number of carbonyl (C=O) groups is 1. The Morgan fingerprint density at radius 3 is 2.45 bits per heavy atom. The van der Waals surface area contributed by atoms with E-state index in [2.05, 4.69) is 4.74 Å². The fraction of sp³-hybridized carbons (Fsp3) is 0.875. The fourth-order valence-corrected chi connectivity index (χ4v) is 0.626. The maximum Gasteiger partial charge on any atom is 0.308 e. The number of carbonyl (C=O) groups excluding carboxylic acids is 1. The van der Waals surface area contributed by atoms with E-state index >= 15 is 0 Å². The van der Waals surface area contributed by atoms with Crippen LogP contribution >= 0.6 is 0 Å². The molecule has 1 N–H and O–H groups in total. The summed E-state index contributed by atoms with van der Waals surface area (Å²) < 4.78 is 4.66. The topological polar surface area (TPSA) is 46.5 Å². The van der Waals surface area contributed by atoms with Gasteiger partial charge in [-0.3, -0.25) is 4.79 Å². The van der Waals surface area contributed by atoms with Crippen LogP contribution in [0.15, 0.2) is 0 Å². The summed E-state index contributed by atoms with van der Waals surface area (Å²) in [6, 6.07) is 0. The van der Waals surface area contributed by atoms with Gasteiger partial charge >= 0.3 is 5.97 Å². The zero-order chi connectivity index (χ0) is 8.85. The molecule has 0 saturated heterocycles. The lowest BCUT2D eigenvalue weighted by atomic mass is 10.1. The predicted octanol–water partition coefficient (Wildman–Crippen LogP) is 0.957. The zero-order valence-electron chi connectivity index (χ0n) is 7.33. The Hall–Kier alpha value is -0.570. The van der Waals surface area contributed by atoms with Crippen LogP contribution in [0.1, 0.15) is 27.2 Å². The van der Waals surface area contributed by atoms with Gasteiger partial charge in [-0.05, 0) is 12.8 Å². The van der Waals surface area contributed by atoms with Crippen molar-refractivity contribution < 1.29 is 14.6 Å². The average molecular weight is 160 g/mol. The summed E-state index contributed by atoms with van der Waals surface area (Å²) in [5, 5.41) is 9.22. The van der Waals surface area contributed by atoms with E-state index < -0.39 is 6.10 Å². The molecule has 0 saturated carbocycles. The first-order valence-electron chi connectivity index (χ1n) is 3.91.